The van der Waals surface area contributed by atoms with E-state index in [1.54, 1.807) is 0 Å². The van der Waals surface area contributed by atoms with E-state index in [-0.39, 0.29) is 6.04 Å². The van der Waals surface area contributed by atoms with Crippen LogP contribution in [0.2, 0.25) is 0 Å². The summed E-state index contributed by atoms with van der Waals surface area (Å²) >= 11 is 0. The summed E-state index contributed by atoms with van der Waals surface area (Å²) in [6.07, 6.45) is 1.92. The molecule has 1 N–H and O–H groups in total. The molecule has 1 atom stereocenters. The normalized spacial score (nSPS) is 13.0. The average Bonchev–Trinajstić information content (AvgIpc) is 3.03. The molecule has 0 aliphatic heterocycles. The molecule has 0 aliphatic carbocycles. The maximum absolute atomic E-state index is 6.13. The van der Waals surface area contributed by atoms with Gasteiger partial charge in [-0.05, 0) is 32.0 Å². The lowest BCUT2D eigenvalue weighted by Crippen LogP contribution is -2.22. The predicted molar refractivity (Wildman–Crippen MR) is 84.4 cm³/mol. The zero-order chi connectivity index (χ0) is 15.0. The van der Waals surface area contributed by atoms with Gasteiger partial charge in [-0.15, -0.1) is 0 Å². The smallest absolute Gasteiger partial charge is 0.137 e. The van der Waals surface area contributed by atoms with E-state index >= 15 is 0 Å². The Morgan fingerprint density at radius 1 is 1.33 bits per heavy atom. The predicted octanol–water partition coefficient (Wildman–Crippen LogP) is 3.48. The van der Waals surface area contributed by atoms with Crippen LogP contribution in [0.3, 0.4) is 0 Å². The number of benzene rings is 1. The van der Waals surface area contributed by atoms with Crippen molar-refractivity contribution in [2.45, 2.75) is 26.8 Å². The Morgan fingerprint density at radius 2 is 2.14 bits per heavy atom. The second-order valence-electron chi connectivity index (χ2n) is 5.44. The van der Waals surface area contributed by atoms with E-state index in [0.717, 1.165) is 40.1 Å². The van der Waals surface area contributed by atoms with Gasteiger partial charge in [-0.25, -0.2) is 0 Å². The van der Waals surface area contributed by atoms with Crippen LogP contribution >= 0.6 is 0 Å². The average molecular weight is 283 g/mol. The third-order valence-electron chi connectivity index (χ3n) is 4.04. The highest BCUT2D eigenvalue weighted by Crippen LogP contribution is 2.31. The van der Waals surface area contributed by atoms with Crippen LogP contribution in [0.15, 0.2) is 34.9 Å². The first kappa shape index (κ1) is 13.9. The van der Waals surface area contributed by atoms with Crippen LogP contribution in [0, 0.1) is 13.8 Å². The highest BCUT2D eigenvalue weighted by molar-refractivity contribution is 5.81. The number of nitrogens with zero attached hydrogens (tertiary/aromatic N) is 2. The molecule has 0 bridgehead atoms. The molecule has 1 unspecified atom stereocenters. The summed E-state index contributed by atoms with van der Waals surface area (Å²) in [6.45, 7) is 7.13. The van der Waals surface area contributed by atoms with Gasteiger partial charge in [0.1, 0.15) is 11.3 Å². The molecule has 0 saturated heterocycles. The minimum Gasteiger partial charge on any atom is -0.459 e. The summed E-state index contributed by atoms with van der Waals surface area (Å²) in [7, 11) is 1.96. The standard InChI is InChI=1S/C17H21N3O/c1-5-18-16(14-10-19-20(4)12(14)3)15-9-13-8-6-7-11(2)17(13)21-15/h6-10,16,18H,5H2,1-4H3. The molecule has 0 radical (unpaired) electrons. The Bertz CT molecular complexity index is 770. The van der Waals surface area contributed by atoms with E-state index in [1.165, 1.54) is 0 Å². The molecular formula is C17H21N3O. The van der Waals surface area contributed by atoms with Gasteiger partial charge in [-0.2, -0.15) is 5.10 Å². The molecule has 21 heavy (non-hydrogen) atoms. The number of nitrogens with one attached hydrogen (secondary N) is 1. The number of rotatable bonds is 4. The molecule has 3 aromatic rings. The van der Waals surface area contributed by atoms with Gasteiger partial charge < -0.3 is 9.73 Å². The third kappa shape index (κ3) is 2.36. The Balaban J connectivity index is 2.11. The fraction of sp³-hybridized carbons (Fsp3) is 0.353. The van der Waals surface area contributed by atoms with Gasteiger partial charge in [0.25, 0.3) is 0 Å². The largest absolute Gasteiger partial charge is 0.459 e. The lowest BCUT2D eigenvalue weighted by Gasteiger charge is -2.15. The summed E-state index contributed by atoms with van der Waals surface area (Å²) in [4.78, 5) is 0. The minimum atomic E-state index is 0.0375. The number of hydrogen-bond donors (Lipinski definition) is 1. The Hall–Kier alpha value is -2.07. The van der Waals surface area contributed by atoms with Crippen molar-refractivity contribution in [3.05, 3.63) is 53.0 Å². The third-order valence-corrected chi connectivity index (χ3v) is 4.04. The molecule has 4 nitrogen and oxygen atoms in total. The summed E-state index contributed by atoms with van der Waals surface area (Å²) in [5.41, 5.74) is 4.45. The van der Waals surface area contributed by atoms with E-state index in [4.69, 9.17) is 4.42 Å². The van der Waals surface area contributed by atoms with Gasteiger partial charge in [-0.1, -0.05) is 25.1 Å². The van der Waals surface area contributed by atoms with Crippen LogP contribution in [-0.2, 0) is 7.05 Å². The van der Waals surface area contributed by atoms with Crippen molar-refractivity contribution in [1.82, 2.24) is 15.1 Å². The summed E-state index contributed by atoms with van der Waals surface area (Å²) in [5, 5.41) is 9.00. The molecule has 110 valence electrons. The summed E-state index contributed by atoms with van der Waals surface area (Å²) in [6, 6.07) is 8.40. The van der Waals surface area contributed by atoms with E-state index in [9.17, 15) is 0 Å². The van der Waals surface area contributed by atoms with Gasteiger partial charge >= 0.3 is 0 Å². The van der Waals surface area contributed by atoms with Crippen LogP contribution in [0.1, 0.15) is 35.5 Å². The number of para-hydroxylation sites is 1. The van der Waals surface area contributed by atoms with Gasteiger partial charge in [0.05, 0.1) is 12.2 Å². The van der Waals surface area contributed by atoms with Crippen LogP contribution in [0.25, 0.3) is 11.0 Å². The number of furan rings is 1. The minimum absolute atomic E-state index is 0.0375. The number of hydrogen-bond acceptors (Lipinski definition) is 3. The van der Waals surface area contributed by atoms with Crippen molar-refractivity contribution in [3.8, 4) is 0 Å². The first-order valence-corrected chi connectivity index (χ1v) is 7.32. The quantitative estimate of drug-likeness (QED) is 0.797. The van der Waals surface area contributed by atoms with Crippen molar-refractivity contribution in [1.29, 1.82) is 0 Å². The fourth-order valence-corrected chi connectivity index (χ4v) is 2.74. The van der Waals surface area contributed by atoms with Crippen molar-refractivity contribution < 1.29 is 4.42 Å². The second kappa shape index (κ2) is 5.37. The molecular weight excluding hydrogens is 262 g/mol. The summed E-state index contributed by atoms with van der Waals surface area (Å²) in [5.74, 6) is 0.942. The number of fused-ring (bicyclic) bond motifs is 1. The molecule has 0 amide bonds. The highest BCUT2D eigenvalue weighted by atomic mass is 16.3. The van der Waals surface area contributed by atoms with E-state index in [2.05, 4.69) is 55.5 Å². The first-order valence-electron chi connectivity index (χ1n) is 7.32. The first-order chi connectivity index (χ1) is 10.1. The molecule has 1 aromatic carbocycles. The van der Waals surface area contributed by atoms with Crippen molar-refractivity contribution in [3.63, 3.8) is 0 Å². The van der Waals surface area contributed by atoms with Crippen molar-refractivity contribution in [2.75, 3.05) is 6.54 Å². The van der Waals surface area contributed by atoms with Gasteiger partial charge in [0, 0.05) is 23.7 Å². The lowest BCUT2D eigenvalue weighted by atomic mass is 10.1. The molecule has 3 rings (SSSR count). The molecule has 0 saturated carbocycles. The Labute approximate surface area is 124 Å². The maximum atomic E-state index is 6.13. The van der Waals surface area contributed by atoms with Crippen LogP contribution in [0.4, 0.5) is 0 Å². The zero-order valence-electron chi connectivity index (χ0n) is 13.0. The van der Waals surface area contributed by atoms with E-state index < -0.39 is 0 Å². The number of aromatic nitrogens is 2. The molecule has 4 heteroatoms. The SMILES string of the molecule is CCNC(c1cc2cccc(C)c2o1)c1cnn(C)c1C. The van der Waals surface area contributed by atoms with Crippen molar-refractivity contribution in [2.24, 2.45) is 7.05 Å². The molecule has 0 spiro atoms. The maximum Gasteiger partial charge on any atom is 0.137 e. The lowest BCUT2D eigenvalue weighted by molar-refractivity contribution is 0.474. The number of aryl methyl sites for hydroxylation is 2. The van der Waals surface area contributed by atoms with Gasteiger partial charge in [-0.3, -0.25) is 4.68 Å². The topological polar surface area (TPSA) is 43.0 Å². The summed E-state index contributed by atoms with van der Waals surface area (Å²) < 4.78 is 8.03. The van der Waals surface area contributed by atoms with Crippen LogP contribution < -0.4 is 5.32 Å². The fourth-order valence-electron chi connectivity index (χ4n) is 2.74. The Kier molecular flexibility index (Phi) is 3.55. The van der Waals surface area contributed by atoms with Gasteiger partial charge in [0.2, 0.25) is 0 Å². The van der Waals surface area contributed by atoms with Gasteiger partial charge in [0.15, 0.2) is 0 Å². The molecule has 0 fully saturated rings. The van der Waals surface area contributed by atoms with Crippen LogP contribution in [0.5, 0.6) is 0 Å². The highest BCUT2D eigenvalue weighted by Gasteiger charge is 2.21. The van der Waals surface area contributed by atoms with E-state index in [0.29, 0.717) is 0 Å². The van der Waals surface area contributed by atoms with E-state index in [1.807, 2.05) is 17.9 Å². The van der Waals surface area contributed by atoms with Crippen LogP contribution in [-0.4, -0.2) is 16.3 Å². The second-order valence-corrected chi connectivity index (χ2v) is 5.44. The monoisotopic (exact) mass is 283 g/mol. The zero-order valence-corrected chi connectivity index (χ0v) is 13.0. The molecule has 2 aromatic heterocycles. The molecule has 0 aliphatic rings. The van der Waals surface area contributed by atoms with Crippen molar-refractivity contribution >= 4 is 11.0 Å². The molecule has 2 heterocycles. The Morgan fingerprint density at radius 3 is 2.76 bits per heavy atom.